The van der Waals surface area contributed by atoms with Gasteiger partial charge in [-0.2, -0.15) is 13.2 Å². The highest BCUT2D eigenvalue weighted by Crippen LogP contribution is 2.37. The fourth-order valence-electron chi connectivity index (χ4n) is 1.96. The summed E-state index contributed by atoms with van der Waals surface area (Å²) in [6, 6.07) is 11.3. The van der Waals surface area contributed by atoms with E-state index in [0.717, 1.165) is 17.2 Å². The molecule has 0 heterocycles. The molecule has 0 unspecified atom stereocenters. The van der Waals surface area contributed by atoms with Crippen LogP contribution in [0.1, 0.15) is 16.7 Å². The van der Waals surface area contributed by atoms with Crippen molar-refractivity contribution in [1.82, 2.24) is 0 Å². The second kappa shape index (κ2) is 4.48. The Hall–Kier alpha value is -1.77. The Morgan fingerprint density at radius 2 is 1.50 bits per heavy atom. The second-order valence-electron chi connectivity index (χ2n) is 4.42. The number of aryl methyl sites for hydroxylation is 2. The molecule has 3 heteroatoms. The molecule has 0 aliphatic carbocycles. The van der Waals surface area contributed by atoms with Gasteiger partial charge in [-0.05, 0) is 31.0 Å². The number of hydrogen-bond acceptors (Lipinski definition) is 0. The molecule has 0 fully saturated rings. The summed E-state index contributed by atoms with van der Waals surface area (Å²) < 4.78 is 38.9. The van der Waals surface area contributed by atoms with Crippen LogP contribution < -0.4 is 0 Å². The highest BCUT2D eigenvalue weighted by molar-refractivity contribution is 5.69. The SMILES string of the molecule is Cc1cccc(-c2cc(C)ccc2C(F)(F)F)c1. The largest absolute Gasteiger partial charge is 0.417 e. The number of benzene rings is 2. The first-order valence-corrected chi connectivity index (χ1v) is 5.63. The van der Waals surface area contributed by atoms with E-state index in [1.165, 1.54) is 6.07 Å². The zero-order valence-electron chi connectivity index (χ0n) is 10.2. The molecular formula is C15H13F3. The fraction of sp³-hybridized carbons (Fsp3) is 0.200. The van der Waals surface area contributed by atoms with Crippen LogP contribution in [0.25, 0.3) is 11.1 Å². The van der Waals surface area contributed by atoms with Crippen LogP contribution in [0.4, 0.5) is 13.2 Å². The molecule has 0 atom stereocenters. The summed E-state index contributed by atoms with van der Waals surface area (Å²) in [4.78, 5) is 0. The van der Waals surface area contributed by atoms with Crippen molar-refractivity contribution < 1.29 is 13.2 Å². The lowest BCUT2D eigenvalue weighted by Gasteiger charge is -2.14. The molecule has 0 radical (unpaired) electrons. The molecule has 0 aromatic heterocycles. The summed E-state index contributed by atoms with van der Waals surface area (Å²) >= 11 is 0. The zero-order valence-corrected chi connectivity index (χ0v) is 10.2. The van der Waals surface area contributed by atoms with Crippen LogP contribution in [0, 0.1) is 13.8 Å². The van der Waals surface area contributed by atoms with Gasteiger partial charge in [0.25, 0.3) is 0 Å². The van der Waals surface area contributed by atoms with Gasteiger partial charge in [-0.3, -0.25) is 0 Å². The van der Waals surface area contributed by atoms with Crippen LogP contribution in [0.15, 0.2) is 42.5 Å². The van der Waals surface area contributed by atoms with Crippen molar-refractivity contribution in [1.29, 1.82) is 0 Å². The van der Waals surface area contributed by atoms with Gasteiger partial charge < -0.3 is 0 Å². The van der Waals surface area contributed by atoms with Gasteiger partial charge in [0.15, 0.2) is 0 Å². The standard InChI is InChI=1S/C15H13F3/c1-10-4-3-5-12(8-10)13-9-11(2)6-7-14(13)15(16,17)18/h3-9H,1-2H3. The molecule has 2 rings (SSSR count). The van der Waals surface area contributed by atoms with E-state index in [4.69, 9.17) is 0 Å². The first-order valence-electron chi connectivity index (χ1n) is 5.63. The second-order valence-corrected chi connectivity index (χ2v) is 4.42. The number of hydrogen-bond donors (Lipinski definition) is 0. The molecule has 0 nitrogen and oxygen atoms in total. The van der Waals surface area contributed by atoms with Gasteiger partial charge in [0.2, 0.25) is 0 Å². The van der Waals surface area contributed by atoms with Crippen molar-refractivity contribution in [2.24, 2.45) is 0 Å². The first kappa shape index (κ1) is 12.7. The Labute approximate surface area is 104 Å². The molecule has 0 spiro atoms. The summed E-state index contributed by atoms with van der Waals surface area (Å²) in [7, 11) is 0. The molecule has 0 N–H and O–H groups in total. The molecule has 0 saturated carbocycles. The van der Waals surface area contributed by atoms with Crippen LogP contribution in [0.2, 0.25) is 0 Å². The average molecular weight is 250 g/mol. The number of alkyl halides is 3. The Morgan fingerprint density at radius 3 is 2.11 bits per heavy atom. The van der Waals surface area contributed by atoms with E-state index in [2.05, 4.69) is 0 Å². The van der Waals surface area contributed by atoms with E-state index in [9.17, 15) is 13.2 Å². The smallest absolute Gasteiger partial charge is 0.166 e. The fourth-order valence-corrected chi connectivity index (χ4v) is 1.96. The van der Waals surface area contributed by atoms with Crippen molar-refractivity contribution in [2.75, 3.05) is 0 Å². The minimum Gasteiger partial charge on any atom is -0.166 e. The monoisotopic (exact) mass is 250 g/mol. The molecule has 0 amide bonds. The maximum absolute atomic E-state index is 13.0. The van der Waals surface area contributed by atoms with Gasteiger partial charge in [0.1, 0.15) is 0 Å². The molecule has 0 saturated heterocycles. The molecule has 0 aliphatic rings. The lowest BCUT2D eigenvalue weighted by molar-refractivity contribution is -0.137. The van der Waals surface area contributed by atoms with E-state index < -0.39 is 11.7 Å². The van der Waals surface area contributed by atoms with Crippen LogP contribution in [-0.4, -0.2) is 0 Å². The van der Waals surface area contributed by atoms with Crippen molar-refractivity contribution in [3.63, 3.8) is 0 Å². The maximum atomic E-state index is 13.0. The Morgan fingerprint density at radius 1 is 0.833 bits per heavy atom. The van der Waals surface area contributed by atoms with E-state index in [1.807, 2.05) is 13.0 Å². The van der Waals surface area contributed by atoms with E-state index in [1.54, 1.807) is 31.2 Å². The lowest BCUT2D eigenvalue weighted by atomic mass is 9.96. The Bertz CT molecular complexity index is 568. The van der Waals surface area contributed by atoms with Crippen molar-refractivity contribution in [3.8, 4) is 11.1 Å². The third kappa shape index (κ3) is 2.55. The molecule has 0 bridgehead atoms. The Kier molecular flexibility index (Phi) is 3.16. The normalized spacial score (nSPS) is 11.6. The lowest BCUT2D eigenvalue weighted by Crippen LogP contribution is -2.07. The third-order valence-electron chi connectivity index (χ3n) is 2.81. The van der Waals surface area contributed by atoms with Crippen molar-refractivity contribution >= 4 is 0 Å². The zero-order chi connectivity index (χ0) is 13.3. The van der Waals surface area contributed by atoms with Gasteiger partial charge in [-0.15, -0.1) is 0 Å². The van der Waals surface area contributed by atoms with E-state index >= 15 is 0 Å². The third-order valence-corrected chi connectivity index (χ3v) is 2.81. The topological polar surface area (TPSA) is 0 Å². The number of rotatable bonds is 1. The average Bonchev–Trinajstić information content (AvgIpc) is 2.27. The van der Waals surface area contributed by atoms with Gasteiger partial charge in [-0.1, -0.05) is 47.5 Å². The molecule has 0 aliphatic heterocycles. The first-order chi connectivity index (χ1) is 8.38. The van der Waals surface area contributed by atoms with Gasteiger partial charge in [0, 0.05) is 0 Å². The summed E-state index contributed by atoms with van der Waals surface area (Å²) in [6.07, 6.45) is -4.33. The molecule has 18 heavy (non-hydrogen) atoms. The van der Waals surface area contributed by atoms with Crippen molar-refractivity contribution in [3.05, 3.63) is 59.2 Å². The molecule has 2 aromatic rings. The summed E-state index contributed by atoms with van der Waals surface area (Å²) in [6.45, 7) is 3.66. The van der Waals surface area contributed by atoms with Gasteiger partial charge in [0.05, 0.1) is 5.56 Å². The Balaban J connectivity index is 2.66. The summed E-state index contributed by atoms with van der Waals surface area (Å²) in [5.74, 6) is 0. The highest BCUT2D eigenvalue weighted by atomic mass is 19.4. The molecular weight excluding hydrogens is 237 g/mol. The predicted octanol–water partition coefficient (Wildman–Crippen LogP) is 4.99. The number of halogens is 3. The molecule has 2 aromatic carbocycles. The summed E-state index contributed by atoms with van der Waals surface area (Å²) in [5, 5.41) is 0. The van der Waals surface area contributed by atoms with Crippen LogP contribution in [0.5, 0.6) is 0 Å². The molecule has 94 valence electrons. The predicted molar refractivity (Wildman–Crippen MR) is 66.4 cm³/mol. The minimum atomic E-state index is -4.33. The highest BCUT2D eigenvalue weighted by Gasteiger charge is 2.33. The van der Waals surface area contributed by atoms with E-state index in [0.29, 0.717) is 5.56 Å². The van der Waals surface area contributed by atoms with Crippen LogP contribution >= 0.6 is 0 Å². The van der Waals surface area contributed by atoms with E-state index in [-0.39, 0.29) is 5.56 Å². The minimum absolute atomic E-state index is 0.242. The van der Waals surface area contributed by atoms with Crippen LogP contribution in [0.3, 0.4) is 0 Å². The summed E-state index contributed by atoms with van der Waals surface area (Å²) in [5.41, 5.74) is 2.03. The van der Waals surface area contributed by atoms with Crippen LogP contribution in [-0.2, 0) is 6.18 Å². The maximum Gasteiger partial charge on any atom is 0.417 e. The quantitative estimate of drug-likeness (QED) is 0.669. The van der Waals surface area contributed by atoms with Gasteiger partial charge >= 0.3 is 6.18 Å². The van der Waals surface area contributed by atoms with Gasteiger partial charge in [-0.25, -0.2) is 0 Å². The van der Waals surface area contributed by atoms with Crippen molar-refractivity contribution in [2.45, 2.75) is 20.0 Å².